The van der Waals surface area contributed by atoms with E-state index in [1.54, 1.807) is 16.8 Å². The first-order valence-corrected chi connectivity index (χ1v) is 10.2. The SMILES string of the molecule is CN1CC(c2c[nH]c3cc(-n4ccc(-c5ccc(OC(F)(F)F)cc5)cc4=O)ccc23)C1. The van der Waals surface area contributed by atoms with E-state index in [1.807, 2.05) is 24.4 Å². The van der Waals surface area contributed by atoms with Crippen molar-refractivity contribution in [3.8, 4) is 22.6 Å². The fourth-order valence-electron chi connectivity index (χ4n) is 4.24. The van der Waals surface area contributed by atoms with Gasteiger partial charge in [-0.2, -0.15) is 0 Å². The molecular weight excluding hydrogens is 419 g/mol. The van der Waals surface area contributed by atoms with Gasteiger partial charge < -0.3 is 14.6 Å². The smallest absolute Gasteiger partial charge is 0.406 e. The lowest BCUT2D eigenvalue weighted by atomic mass is 9.92. The van der Waals surface area contributed by atoms with Crippen LogP contribution in [0.1, 0.15) is 11.5 Å². The van der Waals surface area contributed by atoms with E-state index < -0.39 is 6.36 Å². The highest BCUT2D eigenvalue weighted by molar-refractivity contribution is 5.85. The highest BCUT2D eigenvalue weighted by Gasteiger charge is 2.31. The molecule has 0 unspecified atom stereocenters. The fourth-order valence-corrected chi connectivity index (χ4v) is 4.24. The van der Waals surface area contributed by atoms with Crippen LogP contribution in [0, 0.1) is 0 Å². The molecule has 1 fully saturated rings. The minimum atomic E-state index is -4.74. The molecule has 0 radical (unpaired) electrons. The van der Waals surface area contributed by atoms with Crippen molar-refractivity contribution in [2.75, 3.05) is 20.1 Å². The van der Waals surface area contributed by atoms with Gasteiger partial charge in [0.25, 0.3) is 5.56 Å². The van der Waals surface area contributed by atoms with Crippen molar-refractivity contribution >= 4 is 10.9 Å². The maximum Gasteiger partial charge on any atom is 0.573 e. The molecule has 4 aromatic rings. The number of aromatic amines is 1. The monoisotopic (exact) mass is 439 g/mol. The van der Waals surface area contributed by atoms with Gasteiger partial charge in [0.15, 0.2) is 0 Å². The predicted octanol–water partition coefficient (Wildman–Crippen LogP) is 4.91. The lowest BCUT2D eigenvalue weighted by molar-refractivity contribution is -0.274. The van der Waals surface area contributed by atoms with Crippen molar-refractivity contribution in [3.63, 3.8) is 0 Å². The maximum absolute atomic E-state index is 12.8. The first-order chi connectivity index (χ1) is 15.3. The maximum atomic E-state index is 12.8. The number of benzene rings is 2. The number of pyridine rings is 1. The van der Waals surface area contributed by atoms with Gasteiger partial charge in [-0.1, -0.05) is 18.2 Å². The Morgan fingerprint density at radius 1 is 1.00 bits per heavy atom. The van der Waals surface area contributed by atoms with Gasteiger partial charge >= 0.3 is 6.36 Å². The molecule has 1 aliphatic heterocycles. The summed E-state index contributed by atoms with van der Waals surface area (Å²) in [5.41, 5.74) is 4.02. The van der Waals surface area contributed by atoms with Gasteiger partial charge in [-0.3, -0.25) is 9.36 Å². The summed E-state index contributed by atoms with van der Waals surface area (Å²) in [6.45, 7) is 2.08. The summed E-state index contributed by atoms with van der Waals surface area (Å²) < 4.78 is 42.4. The van der Waals surface area contributed by atoms with E-state index in [2.05, 4.69) is 21.7 Å². The summed E-state index contributed by atoms with van der Waals surface area (Å²) in [7, 11) is 2.10. The van der Waals surface area contributed by atoms with E-state index in [0.717, 1.165) is 29.7 Å². The predicted molar refractivity (Wildman–Crippen MR) is 116 cm³/mol. The molecule has 5 rings (SSSR count). The van der Waals surface area contributed by atoms with Gasteiger partial charge in [0.1, 0.15) is 5.75 Å². The van der Waals surface area contributed by atoms with E-state index in [0.29, 0.717) is 17.0 Å². The number of hydrogen-bond acceptors (Lipinski definition) is 3. The van der Waals surface area contributed by atoms with Crippen molar-refractivity contribution in [1.29, 1.82) is 0 Å². The van der Waals surface area contributed by atoms with Crippen molar-refractivity contribution < 1.29 is 17.9 Å². The summed E-state index contributed by atoms with van der Waals surface area (Å²) in [6.07, 6.45) is -1.02. The molecule has 0 spiro atoms. The minimum absolute atomic E-state index is 0.232. The number of alkyl halides is 3. The number of ether oxygens (including phenoxy) is 1. The molecule has 0 bridgehead atoms. The minimum Gasteiger partial charge on any atom is -0.406 e. The summed E-state index contributed by atoms with van der Waals surface area (Å²) in [4.78, 5) is 18.4. The fraction of sp³-hybridized carbons (Fsp3) is 0.208. The Balaban J connectivity index is 1.41. The van der Waals surface area contributed by atoms with Gasteiger partial charge in [0.05, 0.1) is 5.69 Å². The molecule has 0 atom stereocenters. The first kappa shape index (κ1) is 20.4. The summed E-state index contributed by atoms with van der Waals surface area (Å²) >= 11 is 0. The molecule has 3 heterocycles. The Labute approximate surface area is 181 Å². The Morgan fingerprint density at radius 2 is 1.75 bits per heavy atom. The molecule has 0 aliphatic carbocycles. The molecule has 2 aromatic heterocycles. The normalized spacial score (nSPS) is 15.1. The molecule has 0 saturated carbocycles. The second kappa shape index (κ2) is 7.56. The Kier molecular flexibility index (Phi) is 4.82. The number of nitrogens with zero attached hydrogens (tertiary/aromatic N) is 2. The van der Waals surface area contributed by atoms with Crippen LogP contribution in [0.3, 0.4) is 0 Å². The van der Waals surface area contributed by atoms with Gasteiger partial charge in [-0.05, 0) is 54.1 Å². The highest BCUT2D eigenvalue weighted by Crippen LogP contribution is 2.32. The molecule has 1 saturated heterocycles. The zero-order valence-corrected chi connectivity index (χ0v) is 17.2. The number of halogens is 3. The zero-order valence-electron chi connectivity index (χ0n) is 17.2. The van der Waals surface area contributed by atoms with Gasteiger partial charge in [-0.15, -0.1) is 13.2 Å². The van der Waals surface area contributed by atoms with Gasteiger partial charge in [0, 0.05) is 48.4 Å². The van der Waals surface area contributed by atoms with Crippen LogP contribution in [0.4, 0.5) is 13.2 Å². The largest absolute Gasteiger partial charge is 0.573 e. The van der Waals surface area contributed by atoms with E-state index in [4.69, 9.17) is 0 Å². The molecule has 0 amide bonds. The third-order valence-corrected chi connectivity index (χ3v) is 5.82. The second-order valence-corrected chi connectivity index (χ2v) is 8.09. The number of rotatable bonds is 4. The van der Waals surface area contributed by atoms with E-state index >= 15 is 0 Å². The van der Waals surface area contributed by atoms with Crippen molar-refractivity contribution in [2.45, 2.75) is 12.3 Å². The topological polar surface area (TPSA) is 50.3 Å². The molecule has 1 aliphatic rings. The number of nitrogens with one attached hydrogen (secondary N) is 1. The van der Waals surface area contributed by atoms with E-state index in [9.17, 15) is 18.0 Å². The third kappa shape index (κ3) is 3.89. The molecule has 5 nitrogen and oxygen atoms in total. The van der Waals surface area contributed by atoms with Crippen molar-refractivity contribution in [3.05, 3.63) is 82.9 Å². The molecule has 2 aromatic carbocycles. The number of hydrogen-bond donors (Lipinski definition) is 1. The van der Waals surface area contributed by atoms with Crippen molar-refractivity contribution in [2.24, 2.45) is 0 Å². The summed E-state index contributed by atoms with van der Waals surface area (Å²) in [5, 5.41) is 1.16. The Morgan fingerprint density at radius 3 is 2.41 bits per heavy atom. The lowest BCUT2D eigenvalue weighted by Crippen LogP contribution is -2.41. The Hall–Kier alpha value is -3.52. The molecular formula is C24H20F3N3O2. The van der Waals surface area contributed by atoms with Crippen LogP contribution in [0.2, 0.25) is 0 Å². The van der Waals surface area contributed by atoms with Crippen LogP contribution in [-0.4, -0.2) is 41.0 Å². The van der Waals surface area contributed by atoms with Crippen LogP contribution < -0.4 is 10.3 Å². The molecule has 164 valence electrons. The number of likely N-dealkylation sites (N-methyl/N-ethyl adjacent to an activating group) is 1. The lowest BCUT2D eigenvalue weighted by Gasteiger charge is -2.36. The van der Waals surface area contributed by atoms with E-state index in [1.165, 1.54) is 35.9 Å². The number of likely N-dealkylation sites (tertiary alicyclic amines) is 1. The summed E-state index contributed by atoms with van der Waals surface area (Å²) in [6, 6.07) is 14.6. The van der Waals surface area contributed by atoms with Crippen LogP contribution in [0.25, 0.3) is 27.7 Å². The van der Waals surface area contributed by atoms with Crippen LogP contribution in [0.5, 0.6) is 5.75 Å². The van der Waals surface area contributed by atoms with Gasteiger partial charge in [-0.25, -0.2) is 0 Å². The number of H-pyrrole nitrogens is 1. The molecule has 8 heteroatoms. The third-order valence-electron chi connectivity index (χ3n) is 5.82. The van der Waals surface area contributed by atoms with Gasteiger partial charge in [0.2, 0.25) is 0 Å². The van der Waals surface area contributed by atoms with Crippen LogP contribution >= 0.6 is 0 Å². The summed E-state index contributed by atoms with van der Waals surface area (Å²) in [5.74, 6) is 0.219. The molecule has 1 N–H and O–H groups in total. The Bertz CT molecular complexity index is 1330. The van der Waals surface area contributed by atoms with Crippen LogP contribution in [-0.2, 0) is 0 Å². The average Bonchev–Trinajstić information content (AvgIpc) is 3.13. The van der Waals surface area contributed by atoms with Crippen LogP contribution in [0.15, 0.2) is 71.8 Å². The van der Waals surface area contributed by atoms with Crippen molar-refractivity contribution in [1.82, 2.24) is 14.5 Å². The second-order valence-electron chi connectivity index (χ2n) is 8.09. The molecule has 32 heavy (non-hydrogen) atoms. The number of fused-ring (bicyclic) bond motifs is 1. The first-order valence-electron chi connectivity index (χ1n) is 10.2. The number of aromatic nitrogens is 2. The standard InChI is InChI=1S/C24H20F3N3O2/c1-29-13-17(14-29)21-12-28-22-11-18(4-7-20(21)22)30-9-8-16(10-23(30)31)15-2-5-19(6-3-15)32-24(25,26)27/h2-12,17,28H,13-14H2,1H3. The zero-order chi connectivity index (χ0) is 22.5. The highest BCUT2D eigenvalue weighted by atomic mass is 19.4. The quantitative estimate of drug-likeness (QED) is 0.492. The van der Waals surface area contributed by atoms with E-state index in [-0.39, 0.29) is 11.3 Å². The average molecular weight is 439 g/mol.